The first-order chi connectivity index (χ1) is 22.1. The molecule has 237 valence electrons. The molecular weight excluding hydrogens is 819 g/mol. The number of halogens is 1. The Hall–Kier alpha value is -4.32. The Balaban J connectivity index is 0.000000208. The summed E-state index contributed by atoms with van der Waals surface area (Å²) in [5.74, 6) is 1.76. The summed E-state index contributed by atoms with van der Waals surface area (Å²) in [6.45, 7) is 2.03. The minimum absolute atomic E-state index is 0. The van der Waals surface area contributed by atoms with Crippen LogP contribution in [0.3, 0.4) is 0 Å². The van der Waals surface area contributed by atoms with Gasteiger partial charge in [0.15, 0.2) is 11.6 Å². The Kier molecular flexibility index (Phi) is 16.2. The fourth-order valence-electron chi connectivity index (χ4n) is 4.12. The van der Waals surface area contributed by atoms with Crippen LogP contribution in [0.15, 0.2) is 122 Å². The summed E-state index contributed by atoms with van der Waals surface area (Å²) in [5.41, 5.74) is 3.72. The fourth-order valence-corrected chi connectivity index (χ4v) is 4.52. The molecule has 0 saturated carbocycles. The molecule has 0 bridgehead atoms. The zero-order chi connectivity index (χ0) is 31.5. The number of nitrogens with one attached hydrogen (secondary N) is 1. The van der Waals surface area contributed by atoms with E-state index in [-0.39, 0.29) is 25.7 Å². The van der Waals surface area contributed by atoms with E-state index in [2.05, 4.69) is 52.5 Å². The van der Waals surface area contributed by atoms with Gasteiger partial charge in [0.25, 0.3) is 0 Å². The summed E-state index contributed by atoms with van der Waals surface area (Å²) in [7, 11) is 0. The maximum absolute atomic E-state index is 12.0. The molecule has 0 unspecified atom stereocenters. The number of alkyl halides is 1. The maximum Gasteiger partial charge on any atom is 1.00 e. The molecule has 5 heterocycles. The quantitative estimate of drug-likeness (QED) is 0.0863. The van der Waals surface area contributed by atoms with E-state index >= 15 is 0 Å². The third-order valence-corrected chi connectivity index (χ3v) is 6.90. The van der Waals surface area contributed by atoms with Crippen LogP contribution >= 0.6 is 15.9 Å². The minimum Gasteiger partial charge on any atom is -0.343 e. The number of aryl methyl sites for hydroxylation is 1. The number of hydrogen-bond donors (Lipinski definition) is 1. The Morgan fingerprint density at radius 1 is 0.761 bits per heavy atom. The molecule has 1 amide bonds. The summed E-state index contributed by atoms with van der Waals surface area (Å²) in [6, 6.07) is 28.0. The number of amides is 1. The molecule has 1 N–H and O–H groups in total. The van der Waals surface area contributed by atoms with Gasteiger partial charge in [-0.25, -0.2) is 19.3 Å². The van der Waals surface area contributed by atoms with Crippen LogP contribution in [-0.2, 0) is 24.6 Å². The first kappa shape index (κ1) is 36.1. The van der Waals surface area contributed by atoms with E-state index in [1.165, 1.54) is 12.8 Å². The molecule has 5 aromatic heterocycles. The van der Waals surface area contributed by atoms with Crippen molar-refractivity contribution in [2.45, 2.75) is 39.0 Å². The third-order valence-electron chi connectivity index (χ3n) is 6.34. The zero-order valence-corrected chi connectivity index (χ0v) is 29.7. The molecule has 0 atom stereocenters. The van der Waals surface area contributed by atoms with Gasteiger partial charge in [-0.3, -0.25) is 4.79 Å². The normalized spacial score (nSPS) is 9.96. The molecular formula is C35H36BrN8OOs. The van der Waals surface area contributed by atoms with Gasteiger partial charge in [-0.15, -0.1) is 29.8 Å². The third kappa shape index (κ3) is 12.6. The van der Waals surface area contributed by atoms with Crippen LogP contribution in [0, 0.1) is 13.0 Å². The van der Waals surface area contributed by atoms with Crippen molar-refractivity contribution in [2.24, 2.45) is 0 Å². The van der Waals surface area contributed by atoms with Crippen molar-refractivity contribution in [3.63, 3.8) is 0 Å². The van der Waals surface area contributed by atoms with Crippen LogP contribution in [0.4, 0.5) is 5.69 Å². The maximum atomic E-state index is 12.0. The van der Waals surface area contributed by atoms with E-state index in [1.807, 2.05) is 98.2 Å². The van der Waals surface area contributed by atoms with Crippen LogP contribution in [0.1, 0.15) is 37.7 Å². The van der Waals surface area contributed by atoms with Gasteiger partial charge in [0.1, 0.15) is 0 Å². The smallest absolute Gasteiger partial charge is 0.343 e. The topological polar surface area (TPSA) is 103 Å². The molecule has 11 heteroatoms. The van der Waals surface area contributed by atoms with Crippen molar-refractivity contribution in [2.75, 3.05) is 10.6 Å². The molecule has 1 aromatic carbocycles. The number of carbonyl (C=O) groups excluding carboxylic acids is 1. The van der Waals surface area contributed by atoms with Gasteiger partial charge < -0.3 is 10.3 Å². The van der Waals surface area contributed by atoms with E-state index in [4.69, 9.17) is 0 Å². The molecule has 6 rings (SSSR count). The summed E-state index contributed by atoms with van der Waals surface area (Å²) in [6.07, 6.45) is 17.4. The van der Waals surface area contributed by atoms with Crippen LogP contribution in [-0.4, -0.2) is 45.8 Å². The van der Waals surface area contributed by atoms with Crippen molar-refractivity contribution in [1.82, 2.24) is 34.5 Å². The Morgan fingerprint density at radius 2 is 1.41 bits per heavy atom. The number of rotatable bonds is 10. The Bertz CT molecular complexity index is 1600. The van der Waals surface area contributed by atoms with Crippen molar-refractivity contribution >= 4 is 27.5 Å². The van der Waals surface area contributed by atoms with Crippen molar-refractivity contribution in [3.05, 3.63) is 134 Å². The Labute approximate surface area is 291 Å². The second-order valence-corrected chi connectivity index (χ2v) is 10.7. The van der Waals surface area contributed by atoms with Gasteiger partial charge >= 0.3 is 19.8 Å². The molecule has 0 fully saturated rings. The van der Waals surface area contributed by atoms with Crippen LogP contribution < -0.4 is 5.32 Å². The fraction of sp³-hybridized carbons (Fsp3) is 0.200. The van der Waals surface area contributed by atoms with Gasteiger partial charge in [-0.05, 0) is 73.6 Å². The minimum atomic E-state index is 0. The van der Waals surface area contributed by atoms with E-state index in [1.54, 1.807) is 40.3 Å². The molecule has 9 nitrogen and oxygen atoms in total. The van der Waals surface area contributed by atoms with Gasteiger partial charge in [0, 0.05) is 55.1 Å². The number of benzene rings is 1. The van der Waals surface area contributed by atoms with Gasteiger partial charge in [0.2, 0.25) is 5.91 Å². The van der Waals surface area contributed by atoms with Gasteiger partial charge in [-0.2, -0.15) is 10.2 Å². The second-order valence-electron chi connectivity index (χ2n) is 9.89. The van der Waals surface area contributed by atoms with Gasteiger partial charge in [0.05, 0.1) is 0 Å². The first-order valence-electron chi connectivity index (χ1n) is 14.7. The van der Waals surface area contributed by atoms with Crippen LogP contribution in [0.25, 0.3) is 22.9 Å². The first-order valence-corrected chi connectivity index (χ1v) is 15.9. The number of hydrogen-bond acceptors (Lipinski definition) is 6. The van der Waals surface area contributed by atoms with Crippen molar-refractivity contribution in [3.8, 4) is 22.9 Å². The molecule has 46 heavy (non-hydrogen) atoms. The van der Waals surface area contributed by atoms with Gasteiger partial charge in [-0.1, -0.05) is 52.5 Å². The van der Waals surface area contributed by atoms with Crippen molar-refractivity contribution in [1.29, 1.82) is 0 Å². The molecule has 0 aliphatic carbocycles. The number of aromatic nitrogens is 7. The van der Waals surface area contributed by atoms with E-state index in [9.17, 15) is 4.79 Å². The molecule has 0 aliphatic heterocycles. The predicted molar refractivity (Wildman–Crippen MR) is 181 cm³/mol. The number of pyridine rings is 3. The number of unbranched alkanes of at least 4 members (excludes halogenated alkanes) is 3. The number of nitrogens with zero attached hydrogens (tertiary/aromatic N) is 7. The molecule has 6 aromatic rings. The monoisotopic (exact) mass is 855 g/mol. The predicted octanol–water partition coefficient (Wildman–Crippen LogP) is 7.67. The average molecular weight is 855 g/mol. The standard InChI is InChI=1S/C19H22BrN2O.2C8H7N3.Os/c1-15-10-12-21-18(13-15)16-7-6-8-17(14-16)22-19(23)9-4-2-3-5-11-20;2*1-2-5-9-8(4-1)11-7-3-6-10-11;/h6,8,10,12-14H,2-5,9,11H2,1H3,(H,22,23);2*1-7H;/q-1;;;+1. The largest absolute Gasteiger partial charge is 1.00 e. The molecule has 1 radical (unpaired) electrons. The van der Waals surface area contributed by atoms with E-state index in [0.717, 1.165) is 52.3 Å². The van der Waals surface area contributed by atoms with Crippen molar-refractivity contribution < 1.29 is 24.6 Å². The molecule has 0 saturated heterocycles. The van der Waals surface area contributed by atoms with E-state index < -0.39 is 0 Å². The van der Waals surface area contributed by atoms with Crippen LogP contribution in [0.5, 0.6) is 0 Å². The summed E-state index contributed by atoms with van der Waals surface area (Å²) in [4.78, 5) is 24.6. The second kappa shape index (κ2) is 20.7. The zero-order valence-electron chi connectivity index (χ0n) is 25.6. The summed E-state index contributed by atoms with van der Waals surface area (Å²) >= 11 is 3.42. The molecule has 0 aliphatic rings. The summed E-state index contributed by atoms with van der Waals surface area (Å²) < 4.78 is 3.44. The summed E-state index contributed by atoms with van der Waals surface area (Å²) in [5, 5.41) is 12.1. The molecule has 0 spiro atoms. The SMILES string of the molecule is Cc1ccnc(-c2[c-]ccc(NC(=O)CCCCCCBr)c2)c1.[Os+].c1ccc(-n2cccn2)nc1.c1ccc(-n2cccn2)nc1. The number of carbonyl (C=O) groups is 1. The van der Waals surface area contributed by atoms with E-state index in [0.29, 0.717) is 6.42 Å². The average Bonchev–Trinajstić information content (AvgIpc) is 3.82. The van der Waals surface area contributed by atoms with Crippen LogP contribution in [0.2, 0.25) is 0 Å². The number of anilines is 1. The Morgan fingerprint density at radius 3 is 1.96 bits per heavy atom.